The number of benzene rings is 2. The Morgan fingerprint density at radius 2 is 1.77 bits per heavy atom. The Morgan fingerprint density at radius 3 is 2.48 bits per heavy atom. The van der Waals surface area contributed by atoms with E-state index in [1.807, 2.05) is 48.8 Å². The van der Waals surface area contributed by atoms with Gasteiger partial charge < -0.3 is 25.3 Å². The number of ketones is 2. The van der Waals surface area contributed by atoms with Crippen molar-refractivity contribution in [3.63, 3.8) is 0 Å². The fraction of sp³-hybridized carbons (Fsp3) is 0.290. The lowest BCUT2D eigenvalue weighted by Crippen LogP contribution is -2.44. The van der Waals surface area contributed by atoms with Gasteiger partial charge in [0.15, 0.2) is 5.78 Å². The molecule has 4 aromatic rings. The molecule has 0 spiro atoms. The highest BCUT2D eigenvalue weighted by molar-refractivity contribution is 5.97. The second-order valence-electron chi connectivity index (χ2n) is 10.5. The molecule has 2 aromatic heterocycles. The summed E-state index contributed by atoms with van der Waals surface area (Å²) in [5.41, 5.74) is 12.1. The number of amides is 1. The first kappa shape index (κ1) is 25.8. The second-order valence-corrected chi connectivity index (χ2v) is 10.5. The van der Waals surface area contributed by atoms with Crippen molar-refractivity contribution < 1.29 is 19.1 Å². The van der Waals surface area contributed by atoms with E-state index in [4.69, 9.17) is 10.5 Å². The topological polar surface area (TPSA) is 132 Å². The zero-order valence-electron chi connectivity index (χ0n) is 22.2. The molecular weight excluding hydrogens is 506 g/mol. The van der Waals surface area contributed by atoms with Crippen LogP contribution < -0.4 is 11.1 Å². The van der Waals surface area contributed by atoms with Crippen molar-refractivity contribution in [1.29, 1.82) is 0 Å². The van der Waals surface area contributed by atoms with E-state index in [2.05, 4.69) is 25.9 Å². The van der Waals surface area contributed by atoms with Crippen LogP contribution in [0.15, 0.2) is 67.0 Å². The predicted molar refractivity (Wildman–Crippen MR) is 150 cm³/mol. The third kappa shape index (κ3) is 4.73. The molecule has 6 rings (SSSR count). The Balaban J connectivity index is 1.21. The summed E-state index contributed by atoms with van der Waals surface area (Å²) in [7, 11) is 1.34. The Hall–Kier alpha value is -4.50. The van der Waals surface area contributed by atoms with Gasteiger partial charge in [-0.2, -0.15) is 0 Å². The monoisotopic (exact) mass is 537 g/mol. The number of methoxy groups -OCH3 is 1. The average molecular weight is 538 g/mol. The molecule has 0 radical (unpaired) electrons. The SMILES string of the molecule is COC(=O)N[C@H]1CCc2ccn3c2C1C(=O)C[C@H](c1ncc(-c2ccc(-c4ccc(C(=O)CN)cc4)cc2)[nH]1)C3. The van der Waals surface area contributed by atoms with Crippen LogP contribution in [0.2, 0.25) is 0 Å². The van der Waals surface area contributed by atoms with Gasteiger partial charge in [0, 0.05) is 42.4 Å². The normalized spacial score (nSPS) is 19.9. The highest BCUT2D eigenvalue weighted by Gasteiger charge is 2.41. The van der Waals surface area contributed by atoms with E-state index in [9.17, 15) is 14.4 Å². The smallest absolute Gasteiger partial charge is 0.407 e. The van der Waals surface area contributed by atoms with Gasteiger partial charge in [-0.05, 0) is 41.2 Å². The molecule has 0 bridgehead atoms. The summed E-state index contributed by atoms with van der Waals surface area (Å²) in [6.45, 7) is 0.633. The van der Waals surface area contributed by atoms with Crippen molar-refractivity contribution in [1.82, 2.24) is 19.9 Å². The Labute approximate surface area is 231 Å². The van der Waals surface area contributed by atoms with Gasteiger partial charge in [0.05, 0.1) is 31.5 Å². The average Bonchev–Trinajstić information content (AvgIpc) is 3.61. The lowest BCUT2D eigenvalue weighted by molar-refractivity contribution is -0.121. The van der Waals surface area contributed by atoms with Gasteiger partial charge in [-0.3, -0.25) is 9.59 Å². The van der Waals surface area contributed by atoms with Gasteiger partial charge in [-0.1, -0.05) is 48.5 Å². The van der Waals surface area contributed by atoms with Crippen molar-refractivity contribution in [2.45, 2.75) is 43.7 Å². The van der Waals surface area contributed by atoms with E-state index in [-0.39, 0.29) is 30.1 Å². The highest BCUT2D eigenvalue weighted by Crippen LogP contribution is 2.40. The molecule has 0 saturated carbocycles. The molecule has 40 heavy (non-hydrogen) atoms. The number of carbonyl (C=O) groups excluding carboxylic acids is 3. The number of hydrogen-bond donors (Lipinski definition) is 3. The molecule has 1 aliphatic carbocycles. The number of alkyl carbamates (subject to hydrolysis) is 1. The second kappa shape index (κ2) is 10.6. The minimum atomic E-state index is -0.513. The number of rotatable bonds is 6. The van der Waals surface area contributed by atoms with Gasteiger partial charge in [-0.25, -0.2) is 9.78 Å². The number of nitrogens with zero attached hydrogens (tertiary/aromatic N) is 2. The number of aromatic nitrogens is 3. The summed E-state index contributed by atoms with van der Waals surface area (Å²) in [5.74, 6) is 0.280. The van der Waals surface area contributed by atoms with Gasteiger partial charge in [0.1, 0.15) is 11.6 Å². The van der Waals surface area contributed by atoms with Crippen molar-refractivity contribution in [3.05, 3.63) is 89.6 Å². The highest BCUT2D eigenvalue weighted by atomic mass is 16.5. The first-order valence-electron chi connectivity index (χ1n) is 13.5. The molecule has 0 saturated heterocycles. The Bertz CT molecular complexity index is 1570. The standard InChI is InChI=1S/C31H31N5O4/c1-40-31(39)35-24-11-10-22-12-13-36-17-23(14-26(37)28(24)29(22)36)30-33-16-25(34-30)20-6-2-18(3-7-20)19-4-8-21(9-5-19)27(38)15-32/h2-9,12-13,16,23-24,28H,10-11,14-15,17,32H2,1H3,(H,33,34)(H,35,39)/t23-,24-,28?/m0/s1. The first-order chi connectivity index (χ1) is 19.4. The Morgan fingerprint density at radius 1 is 1.07 bits per heavy atom. The van der Waals surface area contributed by atoms with E-state index >= 15 is 0 Å². The molecule has 204 valence electrons. The summed E-state index contributed by atoms with van der Waals surface area (Å²) in [6.07, 6.45) is 5.18. The molecule has 3 heterocycles. The van der Waals surface area contributed by atoms with Crippen LogP contribution >= 0.6 is 0 Å². The van der Waals surface area contributed by atoms with Crippen molar-refractivity contribution in [2.75, 3.05) is 13.7 Å². The first-order valence-corrected chi connectivity index (χ1v) is 13.5. The number of ether oxygens (including phenoxy) is 1. The molecular formula is C31H31N5O4. The largest absolute Gasteiger partial charge is 0.453 e. The molecule has 3 atom stereocenters. The summed E-state index contributed by atoms with van der Waals surface area (Å²) in [4.78, 5) is 45.5. The third-order valence-electron chi connectivity index (χ3n) is 8.12. The molecule has 1 amide bonds. The lowest BCUT2D eigenvalue weighted by Gasteiger charge is -2.31. The maximum atomic E-state index is 13.6. The predicted octanol–water partition coefficient (Wildman–Crippen LogP) is 4.20. The van der Waals surface area contributed by atoms with Gasteiger partial charge in [0.2, 0.25) is 0 Å². The van der Waals surface area contributed by atoms with Crippen LogP contribution in [0.4, 0.5) is 4.79 Å². The van der Waals surface area contributed by atoms with Crippen LogP contribution in [0.3, 0.4) is 0 Å². The van der Waals surface area contributed by atoms with Crippen LogP contribution in [0.5, 0.6) is 0 Å². The van der Waals surface area contributed by atoms with Crippen molar-refractivity contribution >= 4 is 17.7 Å². The minimum absolute atomic E-state index is 0.00341. The summed E-state index contributed by atoms with van der Waals surface area (Å²) >= 11 is 0. The molecule has 2 aliphatic rings. The molecule has 0 fully saturated rings. The Kier molecular flexibility index (Phi) is 6.81. The maximum absolute atomic E-state index is 13.6. The van der Waals surface area contributed by atoms with Crippen LogP contribution in [-0.4, -0.2) is 51.9 Å². The fourth-order valence-corrected chi connectivity index (χ4v) is 6.04. The molecule has 1 aliphatic heterocycles. The van der Waals surface area contributed by atoms with Crippen molar-refractivity contribution in [2.24, 2.45) is 5.73 Å². The number of nitrogens with one attached hydrogen (secondary N) is 2. The van der Waals surface area contributed by atoms with E-state index in [0.29, 0.717) is 24.9 Å². The van der Waals surface area contributed by atoms with E-state index in [1.54, 1.807) is 12.1 Å². The number of hydrogen-bond acceptors (Lipinski definition) is 6. The number of carbonyl (C=O) groups is 3. The van der Waals surface area contributed by atoms with Crippen LogP contribution in [-0.2, 0) is 22.5 Å². The number of imidazole rings is 1. The third-order valence-corrected chi connectivity index (χ3v) is 8.12. The number of H-pyrrole nitrogens is 1. The minimum Gasteiger partial charge on any atom is -0.453 e. The molecule has 9 heteroatoms. The summed E-state index contributed by atoms with van der Waals surface area (Å²) < 4.78 is 6.97. The maximum Gasteiger partial charge on any atom is 0.407 e. The van der Waals surface area contributed by atoms with Crippen LogP contribution in [0, 0.1) is 0 Å². The number of nitrogens with two attached hydrogens (primary N) is 1. The zero-order valence-corrected chi connectivity index (χ0v) is 22.2. The number of aromatic amines is 1. The van der Waals surface area contributed by atoms with Gasteiger partial charge in [0.25, 0.3) is 0 Å². The number of aryl methyl sites for hydroxylation is 1. The zero-order chi connectivity index (χ0) is 27.8. The molecule has 1 unspecified atom stereocenters. The van der Waals surface area contributed by atoms with Gasteiger partial charge in [-0.15, -0.1) is 0 Å². The van der Waals surface area contributed by atoms with Crippen LogP contribution in [0.25, 0.3) is 22.4 Å². The molecule has 4 N–H and O–H groups in total. The van der Waals surface area contributed by atoms with E-state index in [1.165, 1.54) is 12.7 Å². The summed E-state index contributed by atoms with van der Waals surface area (Å²) in [6, 6.07) is 17.4. The van der Waals surface area contributed by atoms with Gasteiger partial charge >= 0.3 is 6.09 Å². The quantitative estimate of drug-likeness (QED) is 0.316. The number of Topliss-reactive ketones (excluding diaryl/α,β-unsaturated/α-hetero) is 2. The summed E-state index contributed by atoms with van der Waals surface area (Å²) in [5, 5.41) is 2.89. The molecule has 9 nitrogen and oxygen atoms in total. The lowest BCUT2D eigenvalue weighted by atomic mass is 9.79. The fourth-order valence-electron chi connectivity index (χ4n) is 6.04. The molecule has 2 aromatic carbocycles. The van der Waals surface area contributed by atoms with E-state index in [0.717, 1.165) is 40.3 Å². The van der Waals surface area contributed by atoms with E-state index < -0.39 is 12.0 Å². The van der Waals surface area contributed by atoms with Crippen LogP contribution in [0.1, 0.15) is 52.1 Å². The van der Waals surface area contributed by atoms with Crippen molar-refractivity contribution in [3.8, 4) is 22.4 Å².